The van der Waals surface area contributed by atoms with E-state index in [2.05, 4.69) is 41.9 Å². The average molecular weight is 416 g/mol. The molecule has 0 radical (unpaired) electrons. The van der Waals surface area contributed by atoms with Crippen LogP contribution < -0.4 is 5.32 Å². The second-order valence-electron chi connectivity index (χ2n) is 8.85. The summed E-state index contributed by atoms with van der Waals surface area (Å²) in [4.78, 5) is 24.5. The van der Waals surface area contributed by atoms with Gasteiger partial charge in [-0.05, 0) is 61.9 Å². The van der Waals surface area contributed by atoms with Crippen LogP contribution in [0.15, 0.2) is 30.5 Å². The van der Waals surface area contributed by atoms with E-state index in [0.29, 0.717) is 23.2 Å². The van der Waals surface area contributed by atoms with Crippen molar-refractivity contribution in [1.82, 2.24) is 29.6 Å². The maximum absolute atomic E-state index is 12.9. The first-order valence-electron chi connectivity index (χ1n) is 11.1. The van der Waals surface area contributed by atoms with E-state index >= 15 is 0 Å². The molecular weight excluding hydrogens is 390 g/mol. The molecule has 0 aromatic carbocycles. The van der Waals surface area contributed by atoms with Crippen molar-refractivity contribution in [3.63, 3.8) is 0 Å². The minimum Gasteiger partial charge on any atom is -0.307 e. The lowest BCUT2D eigenvalue weighted by Gasteiger charge is -2.28. The van der Waals surface area contributed by atoms with E-state index in [4.69, 9.17) is 0 Å². The number of carbonyl (C=O) groups is 1. The quantitative estimate of drug-likeness (QED) is 0.705. The molecule has 3 aliphatic rings. The standard InChI is InChI=1S/C23H25N7O/c1-14-5-8-21-27-28-22(30(14)21)18-3-2-4-20(25-18)26-23(31)19-11-16-13-29(17-6-7-17)10-9-15(16)12-24-19/h2-4,11-12,14,17H,5-10,13H2,1H3,(H,25,26,31)/t14-/m0/s1. The zero-order valence-corrected chi connectivity index (χ0v) is 17.6. The Kier molecular flexibility index (Phi) is 4.34. The van der Waals surface area contributed by atoms with Gasteiger partial charge in [-0.3, -0.25) is 14.7 Å². The summed E-state index contributed by atoms with van der Waals surface area (Å²) in [5, 5.41) is 11.5. The van der Waals surface area contributed by atoms with Gasteiger partial charge in [-0.25, -0.2) is 4.98 Å². The van der Waals surface area contributed by atoms with Gasteiger partial charge in [-0.2, -0.15) is 0 Å². The SMILES string of the molecule is C[C@H]1CCc2nnc(-c3cccc(NC(=O)c4cc5c(cn4)CCN(C4CC4)C5)n3)n21. The first kappa shape index (κ1) is 18.6. The van der Waals surface area contributed by atoms with E-state index in [-0.39, 0.29) is 5.91 Å². The van der Waals surface area contributed by atoms with E-state index in [9.17, 15) is 4.79 Å². The Labute approximate surface area is 180 Å². The summed E-state index contributed by atoms with van der Waals surface area (Å²) in [6, 6.07) is 8.60. The van der Waals surface area contributed by atoms with Crippen molar-refractivity contribution in [2.24, 2.45) is 0 Å². The third-order valence-electron chi connectivity index (χ3n) is 6.63. The normalized spacial score (nSPS) is 20.4. The molecule has 0 saturated heterocycles. The molecule has 0 bridgehead atoms. The fourth-order valence-corrected chi connectivity index (χ4v) is 4.74. The number of nitrogens with zero attached hydrogens (tertiary/aromatic N) is 6. The van der Waals surface area contributed by atoms with Crippen LogP contribution in [0.25, 0.3) is 11.5 Å². The largest absolute Gasteiger partial charge is 0.307 e. The van der Waals surface area contributed by atoms with E-state index < -0.39 is 0 Å². The van der Waals surface area contributed by atoms with Crippen LogP contribution in [0.5, 0.6) is 0 Å². The minimum absolute atomic E-state index is 0.240. The van der Waals surface area contributed by atoms with Crippen molar-refractivity contribution in [3.05, 3.63) is 53.1 Å². The maximum atomic E-state index is 12.9. The lowest BCUT2D eigenvalue weighted by atomic mass is 10.0. The van der Waals surface area contributed by atoms with Crippen molar-refractivity contribution in [2.75, 3.05) is 11.9 Å². The Hall–Kier alpha value is -3.13. The minimum atomic E-state index is -0.240. The van der Waals surface area contributed by atoms with E-state index in [1.54, 1.807) is 6.07 Å². The van der Waals surface area contributed by atoms with Gasteiger partial charge in [0.25, 0.3) is 5.91 Å². The fraction of sp³-hybridized carbons (Fsp3) is 0.435. The monoisotopic (exact) mass is 415 g/mol. The van der Waals surface area contributed by atoms with Crippen molar-refractivity contribution < 1.29 is 4.79 Å². The predicted octanol–water partition coefficient (Wildman–Crippen LogP) is 3.02. The molecule has 5 heterocycles. The molecule has 1 atom stereocenters. The zero-order valence-electron chi connectivity index (χ0n) is 17.6. The smallest absolute Gasteiger partial charge is 0.275 e. The first-order valence-corrected chi connectivity index (χ1v) is 11.1. The van der Waals surface area contributed by atoms with Crippen molar-refractivity contribution >= 4 is 11.7 Å². The summed E-state index contributed by atoms with van der Waals surface area (Å²) < 4.78 is 2.14. The maximum Gasteiger partial charge on any atom is 0.275 e. The number of nitrogens with one attached hydrogen (secondary N) is 1. The molecule has 3 aromatic rings. The Morgan fingerprint density at radius 2 is 2.03 bits per heavy atom. The Morgan fingerprint density at radius 3 is 2.90 bits per heavy atom. The van der Waals surface area contributed by atoms with Crippen molar-refractivity contribution in [2.45, 2.75) is 57.7 Å². The van der Waals surface area contributed by atoms with Gasteiger partial charge in [0.1, 0.15) is 23.0 Å². The van der Waals surface area contributed by atoms with Gasteiger partial charge in [-0.1, -0.05) is 6.07 Å². The fourth-order valence-electron chi connectivity index (χ4n) is 4.74. The molecule has 1 aliphatic carbocycles. The summed E-state index contributed by atoms with van der Waals surface area (Å²) in [6.45, 7) is 4.17. The molecule has 8 nitrogen and oxygen atoms in total. The molecule has 0 unspecified atom stereocenters. The number of hydrogen-bond acceptors (Lipinski definition) is 6. The number of pyridine rings is 2. The molecule has 1 amide bonds. The summed E-state index contributed by atoms with van der Waals surface area (Å²) in [5.41, 5.74) is 3.61. The zero-order chi connectivity index (χ0) is 20.9. The number of amides is 1. The molecular formula is C23H25N7O. The molecule has 1 saturated carbocycles. The molecule has 31 heavy (non-hydrogen) atoms. The van der Waals surface area contributed by atoms with Crippen LogP contribution in [0.4, 0.5) is 5.82 Å². The highest BCUT2D eigenvalue weighted by molar-refractivity contribution is 6.02. The van der Waals surface area contributed by atoms with Crippen molar-refractivity contribution in [3.8, 4) is 11.5 Å². The van der Waals surface area contributed by atoms with Gasteiger partial charge in [0.2, 0.25) is 0 Å². The second kappa shape index (κ2) is 7.23. The molecule has 8 heteroatoms. The number of hydrogen-bond donors (Lipinski definition) is 1. The summed E-state index contributed by atoms with van der Waals surface area (Å²) in [7, 11) is 0. The summed E-state index contributed by atoms with van der Waals surface area (Å²) in [5.74, 6) is 2.00. The van der Waals surface area contributed by atoms with E-state index in [1.165, 1.54) is 24.0 Å². The molecule has 2 aliphatic heterocycles. The van der Waals surface area contributed by atoms with Crippen LogP contribution in [0.1, 0.15) is 59.7 Å². The third kappa shape index (κ3) is 3.40. The Bertz CT molecular complexity index is 1170. The van der Waals surface area contributed by atoms with Gasteiger partial charge >= 0.3 is 0 Å². The van der Waals surface area contributed by atoms with Gasteiger partial charge in [0, 0.05) is 37.8 Å². The number of fused-ring (bicyclic) bond motifs is 2. The van der Waals surface area contributed by atoms with Crippen LogP contribution in [0, 0.1) is 0 Å². The highest BCUT2D eigenvalue weighted by atomic mass is 16.1. The van der Waals surface area contributed by atoms with Crippen molar-refractivity contribution in [1.29, 1.82) is 0 Å². The lowest BCUT2D eigenvalue weighted by Crippen LogP contribution is -2.32. The highest BCUT2D eigenvalue weighted by Gasteiger charge is 2.31. The topological polar surface area (TPSA) is 88.8 Å². The Morgan fingerprint density at radius 1 is 1.13 bits per heavy atom. The molecule has 3 aromatic heterocycles. The van der Waals surface area contributed by atoms with Gasteiger partial charge in [0.05, 0.1) is 0 Å². The lowest BCUT2D eigenvalue weighted by molar-refractivity contribution is 0.102. The summed E-state index contributed by atoms with van der Waals surface area (Å²) >= 11 is 0. The van der Waals surface area contributed by atoms with Crippen LogP contribution in [-0.4, -0.2) is 48.1 Å². The second-order valence-corrected chi connectivity index (χ2v) is 8.85. The molecule has 1 N–H and O–H groups in total. The van der Waals surface area contributed by atoms with E-state index in [0.717, 1.165) is 50.0 Å². The molecule has 6 rings (SSSR count). The number of rotatable bonds is 4. The number of carbonyl (C=O) groups excluding carboxylic acids is 1. The van der Waals surface area contributed by atoms with Gasteiger partial charge in [-0.15, -0.1) is 10.2 Å². The number of anilines is 1. The Balaban J connectivity index is 1.22. The molecule has 158 valence electrons. The molecule has 1 fully saturated rings. The van der Waals surface area contributed by atoms with Gasteiger partial charge < -0.3 is 9.88 Å². The van der Waals surface area contributed by atoms with Crippen LogP contribution in [0.3, 0.4) is 0 Å². The van der Waals surface area contributed by atoms with E-state index in [1.807, 2.05) is 24.4 Å². The third-order valence-corrected chi connectivity index (χ3v) is 6.63. The number of aryl methyl sites for hydroxylation is 1. The average Bonchev–Trinajstić information content (AvgIpc) is 3.45. The van der Waals surface area contributed by atoms with Crippen LogP contribution in [0.2, 0.25) is 0 Å². The van der Waals surface area contributed by atoms with Gasteiger partial charge in [0.15, 0.2) is 5.82 Å². The van der Waals surface area contributed by atoms with Crippen LogP contribution in [-0.2, 0) is 19.4 Å². The number of aromatic nitrogens is 5. The highest BCUT2D eigenvalue weighted by Crippen LogP contribution is 2.32. The summed E-state index contributed by atoms with van der Waals surface area (Å²) in [6.07, 6.45) is 7.46. The first-order chi connectivity index (χ1) is 15.2. The van der Waals surface area contributed by atoms with Crippen LogP contribution >= 0.6 is 0 Å². The predicted molar refractivity (Wildman–Crippen MR) is 116 cm³/mol. The molecule has 0 spiro atoms.